The Bertz CT molecular complexity index is 1170. The molecule has 12 heteroatoms. The van der Waals surface area contributed by atoms with Gasteiger partial charge in [-0.1, -0.05) is 6.07 Å². The van der Waals surface area contributed by atoms with Crippen LogP contribution in [0.1, 0.15) is 23.6 Å². The number of hydrogen-bond donors (Lipinski definition) is 3. The van der Waals surface area contributed by atoms with E-state index < -0.39 is 30.1 Å². The largest absolute Gasteiger partial charge is 0.481 e. The molecule has 0 spiro atoms. The third kappa shape index (κ3) is 5.84. The van der Waals surface area contributed by atoms with E-state index in [0.717, 1.165) is 5.56 Å². The van der Waals surface area contributed by atoms with Crippen molar-refractivity contribution >= 4 is 34.7 Å². The molecule has 0 aliphatic rings. The van der Waals surface area contributed by atoms with Crippen molar-refractivity contribution in [3.63, 3.8) is 0 Å². The number of alkyl halides is 4. The Morgan fingerprint density at radius 2 is 1.82 bits per heavy atom. The SMILES string of the molecule is COc1cc(Nc2ncc(C(F)(F)F)c(Nc3ccc(C)cc3NC(C)=O)n2)c(CF)cn1. The van der Waals surface area contributed by atoms with E-state index in [4.69, 9.17) is 4.74 Å². The van der Waals surface area contributed by atoms with Crippen LogP contribution in [0.2, 0.25) is 0 Å². The van der Waals surface area contributed by atoms with Gasteiger partial charge in [0.05, 0.1) is 24.2 Å². The normalized spacial score (nSPS) is 11.1. The van der Waals surface area contributed by atoms with Gasteiger partial charge in [-0.2, -0.15) is 18.2 Å². The van der Waals surface area contributed by atoms with Crippen molar-refractivity contribution in [2.24, 2.45) is 0 Å². The van der Waals surface area contributed by atoms with Crippen molar-refractivity contribution in [3.8, 4) is 5.88 Å². The number of carbonyl (C=O) groups excluding carboxylic acids is 1. The lowest BCUT2D eigenvalue weighted by atomic mass is 10.1. The molecule has 3 aromatic rings. The molecule has 1 amide bonds. The molecule has 0 aliphatic carbocycles. The number of benzene rings is 1. The average molecular weight is 464 g/mol. The molecule has 8 nitrogen and oxygen atoms in total. The maximum absolute atomic E-state index is 13.6. The zero-order valence-electron chi connectivity index (χ0n) is 17.8. The number of nitrogens with one attached hydrogen (secondary N) is 3. The zero-order valence-corrected chi connectivity index (χ0v) is 17.8. The predicted octanol–water partition coefficient (Wildman–Crippen LogP) is 5.12. The van der Waals surface area contributed by atoms with E-state index in [9.17, 15) is 22.4 Å². The number of anilines is 5. The second-order valence-corrected chi connectivity index (χ2v) is 6.95. The summed E-state index contributed by atoms with van der Waals surface area (Å²) in [6, 6.07) is 6.16. The van der Waals surface area contributed by atoms with E-state index in [1.165, 1.54) is 32.4 Å². The van der Waals surface area contributed by atoms with Crippen LogP contribution in [0.4, 0.5) is 46.4 Å². The Kier molecular flexibility index (Phi) is 6.95. The summed E-state index contributed by atoms with van der Waals surface area (Å²) in [6.45, 7) is 2.17. The smallest absolute Gasteiger partial charge is 0.421 e. The topological polar surface area (TPSA) is 101 Å². The van der Waals surface area contributed by atoms with Crippen LogP contribution in [0, 0.1) is 6.92 Å². The highest BCUT2D eigenvalue weighted by atomic mass is 19.4. The first-order valence-corrected chi connectivity index (χ1v) is 9.56. The van der Waals surface area contributed by atoms with Gasteiger partial charge in [0.15, 0.2) is 0 Å². The molecule has 0 bridgehead atoms. The lowest BCUT2D eigenvalue weighted by Gasteiger charge is -2.17. The van der Waals surface area contributed by atoms with Gasteiger partial charge in [0.2, 0.25) is 17.7 Å². The Balaban J connectivity index is 2.03. The summed E-state index contributed by atoms with van der Waals surface area (Å²) in [7, 11) is 1.37. The standard InChI is InChI=1S/C21H20F4N6O2/c1-11-4-5-15(17(6-11)28-12(2)32)29-19-14(21(23,24)25)10-27-20(31-19)30-16-7-18(33-3)26-9-13(16)8-22/h4-7,9-10H,8H2,1-3H3,(H,28,32)(H2,26,27,29,30,31). The van der Waals surface area contributed by atoms with Crippen molar-refractivity contribution in [3.05, 3.63) is 53.3 Å². The monoisotopic (exact) mass is 464 g/mol. The molecular weight excluding hydrogens is 444 g/mol. The molecule has 174 valence electrons. The molecule has 3 N–H and O–H groups in total. The van der Waals surface area contributed by atoms with Gasteiger partial charge < -0.3 is 20.7 Å². The second-order valence-electron chi connectivity index (χ2n) is 6.95. The summed E-state index contributed by atoms with van der Waals surface area (Å²) in [6.07, 6.45) is -2.92. The van der Waals surface area contributed by atoms with Crippen LogP contribution in [0.5, 0.6) is 5.88 Å². The molecule has 0 saturated carbocycles. The van der Waals surface area contributed by atoms with Crippen LogP contribution in [0.25, 0.3) is 0 Å². The minimum Gasteiger partial charge on any atom is -0.481 e. The zero-order chi connectivity index (χ0) is 24.2. The van der Waals surface area contributed by atoms with E-state index in [2.05, 4.69) is 30.9 Å². The number of aromatic nitrogens is 3. The lowest BCUT2D eigenvalue weighted by Crippen LogP contribution is -2.14. The molecule has 0 unspecified atom stereocenters. The third-order valence-electron chi connectivity index (χ3n) is 4.39. The van der Waals surface area contributed by atoms with Crippen LogP contribution in [0.15, 0.2) is 36.7 Å². The number of rotatable bonds is 7. The number of amides is 1. The number of ether oxygens (including phenoxy) is 1. The van der Waals surface area contributed by atoms with Crippen LogP contribution in [-0.2, 0) is 17.6 Å². The predicted molar refractivity (Wildman–Crippen MR) is 115 cm³/mol. The average Bonchev–Trinajstić information content (AvgIpc) is 2.74. The first-order chi connectivity index (χ1) is 15.6. The summed E-state index contributed by atoms with van der Waals surface area (Å²) < 4.78 is 59.2. The van der Waals surface area contributed by atoms with Crippen LogP contribution < -0.4 is 20.7 Å². The Hall–Kier alpha value is -3.96. The molecule has 0 radical (unpaired) electrons. The van der Waals surface area contributed by atoms with Gasteiger partial charge in [0, 0.05) is 30.9 Å². The minimum absolute atomic E-state index is 0.139. The van der Waals surface area contributed by atoms with E-state index in [0.29, 0.717) is 6.20 Å². The van der Waals surface area contributed by atoms with Crippen LogP contribution in [-0.4, -0.2) is 28.0 Å². The Morgan fingerprint density at radius 1 is 1.06 bits per heavy atom. The molecule has 0 atom stereocenters. The number of methoxy groups -OCH3 is 1. The molecule has 3 rings (SSSR count). The first-order valence-electron chi connectivity index (χ1n) is 9.56. The fraction of sp³-hybridized carbons (Fsp3) is 0.238. The maximum atomic E-state index is 13.6. The molecule has 0 aliphatic heterocycles. The summed E-state index contributed by atoms with van der Waals surface area (Å²) in [5, 5.41) is 7.89. The van der Waals surface area contributed by atoms with Crippen LogP contribution >= 0.6 is 0 Å². The van der Waals surface area contributed by atoms with Crippen LogP contribution in [0.3, 0.4) is 0 Å². The number of halogens is 4. The Morgan fingerprint density at radius 3 is 2.45 bits per heavy atom. The molecule has 1 aromatic carbocycles. The number of nitrogens with zero attached hydrogens (tertiary/aromatic N) is 3. The van der Waals surface area contributed by atoms with Gasteiger partial charge >= 0.3 is 6.18 Å². The maximum Gasteiger partial charge on any atom is 0.421 e. The van der Waals surface area contributed by atoms with Gasteiger partial charge in [0.1, 0.15) is 18.1 Å². The van der Waals surface area contributed by atoms with Crippen molar-refractivity contribution in [2.75, 3.05) is 23.1 Å². The highest BCUT2D eigenvalue weighted by Crippen LogP contribution is 2.37. The quantitative estimate of drug-likeness (QED) is 0.417. The summed E-state index contributed by atoms with van der Waals surface area (Å²) in [4.78, 5) is 23.1. The summed E-state index contributed by atoms with van der Waals surface area (Å²) in [5.41, 5.74) is 0.462. The number of pyridine rings is 1. The number of carbonyl (C=O) groups is 1. The van der Waals surface area contributed by atoms with Crippen molar-refractivity contribution < 1.29 is 27.1 Å². The van der Waals surface area contributed by atoms with Gasteiger partial charge in [-0.3, -0.25) is 4.79 Å². The molecule has 2 aromatic heterocycles. The molecule has 33 heavy (non-hydrogen) atoms. The third-order valence-corrected chi connectivity index (χ3v) is 4.39. The van der Waals surface area contributed by atoms with Gasteiger partial charge in [-0.25, -0.2) is 14.4 Å². The minimum atomic E-state index is -4.76. The van der Waals surface area contributed by atoms with Crippen molar-refractivity contribution in [2.45, 2.75) is 26.7 Å². The van der Waals surface area contributed by atoms with Crippen molar-refractivity contribution in [1.29, 1.82) is 0 Å². The van der Waals surface area contributed by atoms with E-state index in [1.54, 1.807) is 19.1 Å². The fourth-order valence-electron chi connectivity index (χ4n) is 2.85. The van der Waals surface area contributed by atoms with Gasteiger partial charge in [-0.15, -0.1) is 0 Å². The highest BCUT2D eigenvalue weighted by Gasteiger charge is 2.35. The molecule has 0 fully saturated rings. The first kappa shape index (κ1) is 23.7. The second kappa shape index (κ2) is 9.67. The van der Waals surface area contributed by atoms with E-state index in [-0.39, 0.29) is 34.5 Å². The fourth-order valence-corrected chi connectivity index (χ4v) is 2.85. The molecule has 0 saturated heterocycles. The van der Waals surface area contributed by atoms with Gasteiger partial charge in [-0.05, 0) is 24.6 Å². The van der Waals surface area contributed by atoms with Gasteiger partial charge in [0.25, 0.3) is 0 Å². The van der Waals surface area contributed by atoms with Crippen molar-refractivity contribution in [1.82, 2.24) is 15.0 Å². The number of hydrogen-bond acceptors (Lipinski definition) is 7. The van der Waals surface area contributed by atoms with E-state index >= 15 is 0 Å². The Labute approximate surface area is 186 Å². The molecule has 2 heterocycles. The molecular formula is C21H20F4N6O2. The summed E-state index contributed by atoms with van der Waals surface area (Å²) in [5.74, 6) is -1.00. The summed E-state index contributed by atoms with van der Waals surface area (Å²) >= 11 is 0. The lowest BCUT2D eigenvalue weighted by molar-refractivity contribution is -0.137. The number of aryl methyl sites for hydroxylation is 1. The van der Waals surface area contributed by atoms with E-state index in [1.807, 2.05) is 0 Å². The highest BCUT2D eigenvalue weighted by molar-refractivity contribution is 5.93.